The molecule has 13 heavy (non-hydrogen) atoms. The molecule has 1 rings (SSSR count). The van der Waals surface area contributed by atoms with E-state index >= 15 is 0 Å². The van der Waals surface area contributed by atoms with E-state index in [9.17, 15) is 0 Å². The van der Waals surface area contributed by atoms with Gasteiger partial charge in [0.25, 0.3) is 0 Å². The molecule has 0 bridgehead atoms. The van der Waals surface area contributed by atoms with Gasteiger partial charge >= 0.3 is 0 Å². The number of nitrogens with zero attached hydrogens (tertiary/aromatic N) is 2. The summed E-state index contributed by atoms with van der Waals surface area (Å²) in [6, 6.07) is 3.87. The van der Waals surface area contributed by atoms with Crippen molar-refractivity contribution < 1.29 is 0 Å². The monoisotopic (exact) mass is 172 g/mol. The van der Waals surface area contributed by atoms with Gasteiger partial charge in [0.1, 0.15) is 0 Å². The Morgan fingerprint density at radius 3 is 3.00 bits per heavy atom. The molecular weight excluding hydrogens is 160 g/mol. The summed E-state index contributed by atoms with van der Waals surface area (Å²) in [5.74, 6) is 0. The average molecular weight is 172 g/mol. The van der Waals surface area contributed by atoms with Crippen LogP contribution in [0.3, 0.4) is 0 Å². The molecule has 66 valence electrons. The van der Waals surface area contributed by atoms with Crippen LogP contribution in [-0.4, -0.2) is 11.2 Å². The fourth-order valence-electron chi connectivity index (χ4n) is 0.963. The Morgan fingerprint density at radius 1 is 1.62 bits per heavy atom. The van der Waals surface area contributed by atoms with E-state index in [4.69, 9.17) is 0 Å². The first-order chi connectivity index (χ1) is 6.38. The molecule has 0 aliphatic carbocycles. The van der Waals surface area contributed by atoms with E-state index in [0.29, 0.717) is 0 Å². The number of aliphatic imine (C=N–C) groups is 1. The quantitative estimate of drug-likeness (QED) is 0.643. The maximum atomic E-state index is 4.21. The first kappa shape index (κ1) is 9.39. The van der Waals surface area contributed by atoms with Gasteiger partial charge in [-0.25, -0.2) is 0 Å². The average Bonchev–Trinajstić information content (AvgIpc) is 2.21. The molecule has 0 saturated carbocycles. The fraction of sp³-hybridized carbons (Fsp3) is 0.0909. The van der Waals surface area contributed by atoms with Crippen molar-refractivity contribution in [1.82, 2.24) is 4.98 Å². The van der Waals surface area contributed by atoms with Crippen LogP contribution in [0.15, 0.2) is 48.2 Å². The zero-order chi connectivity index (χ0) is 9.52. The third-order valence-corrected chi connectivity index (χ3v) is 1.55. The molecule has 0 N–H and O–H groups in total. The van der Waals surface area contributed by atoms with Crippen LogP contribution in [0.2, 0.25) is 0 Å². The molecule has 1 heterocycles. The van der Waals surface area contributed by atoms with Gasteiger partial charge < -0.3 is 0 Å². The molecule has 0 amide bonds. The predicted octanol–water partition coefficient (Wildman–Crippen LogP) is 2.70. The lowest BCUT2D eigenvalue weighted by Gasteiger charge is -1.98. The third kappa shape index (κ3) is 2.67. The summed E-state index contributed by atoms with van der Waals surface area (Å²) >= 11 is 0. The zero-order valence-electron chi connectivity index (χ0n) is 7.64. The second kappa shape index (κ2) is 5.04. The largest absolute Gasteiger partial charge is 0.264 e. The highest BCUT2D eigenvalue weighted by molar-refractivity contribution is 5.79. The second-order valence-corrected chi connectivity index (χ2v) is 2.43. The maximum Gasteiger partial charge on any atom is 0.0674 e. The van der Waals surface area contributed by atoms with Crippen molar-refractivity contribution in [3.05, 3.63) is 48.8 Å². The van der Waals surface area contributed by atoms with Crippen LogP contribution >= 0.6 is 0 Å². The van der Waals surface area contributed by atoms with Crippen LogP contribution < -0.4 is 0 Å². The van der Waals surface area contributed by atoms with Crippen molar-refractivity contribution in [2.75, 3.05) is 0 Å². The van der Waals surface area contributed by atoms with E-state index in [1.165, 1.54) is 0 Å². The summed E-state index contributed by atoms with van der Waals surface area (Å²) in [5, 5.41) is 0. The standard InChI is InChI=1S/C11H12N2/c1-3-7-13-11(4-2)10-6-5-8-12-9-10/h3-9H,1H2,2H3/b11-4-,13-7?. The van der Waals surface area contributed by atoms with Gasteiger partial charge in [0.2, 0.25) is 0 Å². The Bertz CT molecular complexity index is 323. The van der Waals surface area contributed by atoms with Gasteiger partial charge in [0.15, 0.2) is 0 Å². The Morgan fingerprint density at radius 2 is 2.46 bits per heavy atom. The van der Waals surface area contributed by atoms with Crippen molar-refractivity contribution in [3.8, 4) is 0 Å². The van der Waals surface area contributed by atoms with E-state index in [1.54, 1.807) is 24.7 Å². The van der Waals surface area contributed by atoms with E-state index in [2.05, 4.69) is 16.6 Å². The molecular formula is C11H12N2. The molecule has 0 spiro atoms. The zero-order valence-corrected chi connectivity index (χ0v) is 7.64. The highest BCUT2D eigenvalue weighted by Gasteiger charge is 1.95. The highest BCUT2D eigenvalue weighted by Crippen LogP contribution is 2.12. The Labute approximate surface area is 78.4 Å². The molecule has 2 nitrogen and oxygen atoms in total. The minimum absolute atomic E-state index is 0.910. The molecule has 0 atom stereocenters. The number of aromatic nitrogens is 1. The topological polar surface area (TPSA) is 25.2 Å². The number of rotatable bonds is 3. The van der Waals surface area contributed by atoms with Crippen LogP contribution in [0.4, 0.5) is 0 Å². The maximum absolute atomic E-state index is 4.21. The van der Waals surface area contributed by atoms with Crippen LogP contribution in [-0.2, 0) is 0 Å². The summed E-state index contributed by atoms with van der Waals surface area (Å²) in [7, 11) is 0. The molecule has 1 aromatic heterocycles. The number of hydrogen-bond acceptors (Lipinski definition) is 2. The van der Waals surface area contributed by atoms with Gasteiger partial charge in [-0.05, 0) is 19.1 Å². The molecule has 0 radical (unpaired) electrons. The highest BCUT2D eigenvalue weighted by atomic mass is 14.7. The molecule has 0 aliphatic rings. The van der Waals surface area contributed by atoms with Gasteiger partial charge in [-0.1, -0.05) is 18.7 Å². The molecule has 0 aliphatic heterocycles. The summed E-state index contributed by atoms with van der Waals surface area (Å²) in [4.78, 5) is 8.23. The molecule has 1 aromatic rings. The first-order valence-electron chi connectivity index (χ1n) is 4.10. The lowest BCUT2D eigenvalue weighted by Crippen LogP contribution is -1.82. The first-order valence-corrected chi connectivity index (χ1v) is 4.10. The van der Waals surface area contributed by atoms with Gasteiger partial charge in [0.05, 0.1) is 5.70 Å². The Balaban J connectivity index is 2.92. The fourth-order valence-corrected chi connectivity index (χ4v) is 0.963. The summed E-state index contributed by atoms with van der Waals surface area (Å²) in [5.41, 5.74) is 1.93. The van der Waals surface area contributed by atoms with Crippen LogP contribution in [0.5, 0.6) is 0 Å². The molecule has 0 aromatic carbocycles. The van der Waals surface area contributed by atoms with Crippen molar-refractivity contribution in [2.24, 2.45) is 4.99 Å². The van der Waals surface area contributed by atoms with Crippen molar-refractivity contribution >= 4 is 11.9 Å². The van der Waals surface area contributed by atoms with Gasteiger partial charge in [-0.2, -0.15) is 0 Å². The SMILES string of the molecule is C=CC=N/C(=C\C)c1cccnc1. The lowest BCUT2D eigenvalue weighted by molar-refractivity contribution is 1.30. The third-order valence-electron chi connectivity index (χ3n) is 1.55. The van der Waals surface area contributed by atoms with Gasteiger partial charge in [-0.3, -0.25) is 9.98 Å². The minimum Gasteiger partial charge on any atom is -0.264 e. The molecule has 0 fully saturated rings. The van der Waals surface area contributed by atoms with Gasteiger partial charge in [0, 0.05) is 24.2 Å². The molecule has 2 heteroatoms. The summed E-state index contributed by atoms with van der Waals surface area (Å²) < 4.78 is 0. The lowest BCUT2D eigenvalue weighted by atomic mass is 10.2. The summed E-state index contributed by atoms with van der Waals surface area (Å²) in [6.45, 7) is 5.52. The van der Waals surface area contributed by atoms with Crippen LogP contribution in [0, 0.1) is 0 Å². The Kier molecular flexibility index (Phi) is 3.64. The smallest absolute Gasteiger partial charge is 0.0674 e. The van der Waals surface area contributed by atoms with Crippen molar-refractivity contribution in [1.29, 1.82) is 0 Å². The molecule has 0 unspecified atom stereocenters. The van der Waals surface area contributed by atoms with E-state index in [1.807, 2.05) is 25.1 Å². The summed E-state index contributed by atoms with van der Waals surface area (Å²) in [6.07, 6.45) is 8.79. The van der Waals surface area contributed by atoms with Crippen LogP contribution in [0.25, 0.3) is 5.70 Å². The Hall–Kier alpha value is -1.70. The minimum atomic E-state index is 0.910. The number of pyridine rings is 1. The van der Waals surface area contributed by atoms with Gasteiger partial charge in [-0.15, -0.1) is 0 Å². The van der Waals surface area contributed by atoms with Crippen molar-refractivity contribution in [2.45, 2.75) is 6.92 Å². The van der Waals surface area contributed by atoms with Crippen molar-refractivity contribution in [3.63, 3.8) is 0 Å². The normalized spacial score (nSPS) is 11.9. The number of allylic oxidation sites excluding steroid dienone is 2. The van der Waals surface area contributed by atoms with E-state index in [-0.39, 0.29) is 0 Å². The molecule has 0 saturated heterocycles. The van der Waals surface area contributed by atoms with Crippen LogP contribution in [0.1, 0.15) is 12.5 Å². The van der Waals surface area contributed by atoms with E-state index in [0.717, 1.165) is 11.3 Å². The predicted molar refractivity (Wildman–Crippen MR) is 56.6 cm³/mol. The second-order valence-electron chi connectivity index (χ2n) is 2.43. The number of hydrogen-bond donors (Lipinski definition) is 0. The van der Waals surface area contributed by atoms with E-state index < -0.39 is 0 Å².